The highest BCUT2D eigenvalue weighted by molar-refractivity contribution is 7.14. The third kappa shape index (κ3) is 4.63. The number of rotatable bonds is 4. The first-order valence-corrected chi connectivity index (χ1v) is 10.5. The Labute approximate surface area is 154 Å². The first kappa shape index (κ1) is 18.4. The number of hydrogen-bond acceptors (Lipinski definition) is 3. The Bertz CT molecular complexity index is 638. The van der Waals surface area contributed by atoms with Crippen molar-refractivity contribution in [1.82, 2.24) is 10.6 Å². The molecule has 0 spiro atoms. The molecule has 2 N–H and O–H groups in total. The van der Waals surface area contributed by atoms with Crippen LogP contribution >= 0.6 is 11.3 Å². The van der Waals surface area contributed by atoms with Crippen LogP contribution in [-0.2, 0) is 17.6 Å². The van der Waals surface area contributed by atoms with Crippen molar-refractivity contribution in [3.05, 3.63) is 21.4 Å². The van der Waals surface area contributed by atoms with Gasteiger partial charge < -0.3 is 10.6 Å². The van der Waals surface area contributed by atoms with Crippen LogP contribution in [0.1, 0.15) is 73.0 Å². The van der Waals surface area contributed by atoms with Gasteiger partial charge in [0, 0.05) is 22.9 Å². The Morgan fingerprint density at radius 2 is 2.04 bits per heavy atom. The number of carbonyl (C=O) groups is 2. The topological polar surface area (TPSA) is 58.2 Å². The standard InChI is InChI=1S/C20H30N2O2S/c1-12(2)21-19(23)14-5-4-6-16(10-14)22-20(24)18-11-15-9-13(3)7-8-17(15)25-18/h11-14,16H,4-10H2,1-3H3,(H,21,23)(H,22,24). The number of amides is 2. The fourth-order valence-corrected chi connectivity index (χ4v) is 5.15. The van der Waals surface area contributed by atoms with Gasteiger partial charge in [0.05, 0.1) is 4.88 Å². The Balaban J connectivity index is 1.58. The molecule has 0 aliphatic heterocycles. The van der Waals surface area contributed by atoms with Crippen molar-refractivity contribution in [2.75, 3.05) is 0 Å². The number of nitrogens with one attached hydrogen (secondary N) is 2. The molecule has 3 rings (SSSR count). The van der Waals surface area contributed by atoms with Crippen LogP contribution in [-0.4, -0.2) is 23.9 Å². The predicted octanol–water partition coefficient (Wildman–Crippen LogP) is 3.69. The van der Waals surface area contributed by atoms with Gasteiger partial charge in [-0.25, -0.2) is 0 Å². The highest BCUT2D eigenvalue weighted by Crippen LogP contribution is 2.32. The number of thiophene rings is 1. The van der Waals surface area contributed by atoms with E-state index in [9.17, 15) is 9.59 Å². The first-order chi connectivity index (χ1) is 11.9. The van der Waals surface area contributed by atoms with Crippen LogP contribution in [0.2, 0.25) is 0 Å². The van der Waals surface area contributed by atoms with Gasteiger partial charge in [-0.1, -0.05) is 13.3 Å². The maximum Gasteiger partial charge on any atom is 0.261 e. The summed E-state index contributed by atoms with van der Waals surface area (Å²) in [6.45, 7) is 6.25. The molecule has 0 saturated heterocycles. The van der Waals surface area contributed by atoms with Gasteiger partial charge in [-0.05, 0) is 69.9 Å². The zero-order chi connectivity index (χ0) is 18.0. The predicted molar refractivity (Wildman–Crippen MR) is 102 cm³/mol. The summed E-state index contributed by atoms with van der Waals surface area (Å²) < 4.78 is 0. The van der Waals surface area contributed by atoms with Gasteiger partial charge in [-0.2, -0.15) is 0 Å². The number of carbonyl (C=O) groups excluding carboxylic acids is 2. The van der Waals surface area contributed by atoms with E-state index in [0.717, 1.165) is 49.3 Å². The van der Waals surface area contributed by atoms with E-state index in [2.05, 4.69) is 23.6 Å². The quantitative estimate of drug-likeness (QED) is 0.858. The van der Waals surface area contributed by atoms with Crippen molar-refractivity contribution in [3.63, 3.8) is 0 Å². The summed E-state index contributed by atoms with van der Waals surface area (Å²) in [4.78, 5) is 27.1. The van der Waals surface area contributed by atoms with Gasteiger partial charge in [-0.15, -0.1) is 11.3 Å². The lowest BCUT2D eigenvalue weighted by Gasteiger charge is -2.29. The average Bonchev–Trinajstić information content (AvgIpc) is 2.97. The minimum Gasteiger partial charge on any atom is -0.354 e. The molecule has 138 valence electrons. The number of fused-ring (bicyclic) bond motifs is 1. The Hall–Kier alpha value is -1.36. The van der Waals surface area contributed by atoms with E-state index < -0.39 is 0 Å². The molecule has 0 bridgehead atoms. The van der Waals surface area contributed by atoms with Crippen LogP contribution in [0.4, 0.5) is 0 Å². The molecule has 1 heterocycles. The summed E-state index contributed by atoms with van der Waals surface area (Å²) in [7, 11) is 0. The minimum absolute atomic E-state index is 0.0267. The zero-order valence-electron chi connectivity index (χ0n) is 15.6. The third-order valence-corrected chi connectivity index (χ3v) is 6.60. The lowest BCUT2D eigenvalue weighted by atomic mass is 9.85. The summed E-state index contributed by atoms with van der Waals surface area (Å²) in [5.41, 5.74) is 1.37. The van der Waals surface area contributed by atoms with Crippen molar-refractivity contribution in [2.45, 2.75) is 77.8 Å². The van der Waals surface area contributed by atoms with Crippen LogP contribution in [0, 0.1) is 11.8 Å². The van der Waals surface area contributed by atoms with Gasteiger partial charge in [0.15, 0.2) is 0 Å². The van der Waals surface area contributed by atoms with Crippen molar-refractivity contribution < 1.29 is 9.59 Å². The number of aryl methyl sites for hydroxylation is 1. The summed E-state index contributed by atoms with van der Waals surface area (Å²) >= 11 is 1.66. The summed E-state index contributed by atoms with van der Waals surface area (Å²) in [6.07, 6.45) is 7.08. The Morgan fingerprint density at radius 3 is 2.80 bits per heavy atom. The van der Waals surface area contributed by atoms with Gasteiger partial charge in [0.2, 0.25) is 5.91 Å². The average molecular weight is 363 g/mol. The lowest BCUT2D eigenvalue weighted by molar-refractivity contribution is -0.126. The molecule has 2 amide bonds. The first-order valence-electron chi connectivity index (χ1n) is 9.65. The molecular formula is C20H30N2O2S. The molecule has 3 unspecified atom stereocenters. The Kier molecular flexibility index (Phi) is 5.82. The Morgan fingerprint density at radius 1 is 1.24 bits per heavy atom. The van der Waals surface area contributed by atoms with E-state index in [1.807, 2.05) is 13.8 Å². The molecule has 1 saturated carbocycles. The second-order valence-corrected chi connectivity index (χ2v) is 9.24. The third-order valence-electron chi connectivity index (χ3n) is 5.36. The fourth-order valence-electron chi connectivity index (χ4n) is 4.04. The van der Waals surface area contributed by atoms with E-state index >= 15 is 0 Å². The van der Waals surface area contributed by atoms with E-state index in [-0.39, 0.29) is 29.8 Å². The van der Waals surface area contributed by atoms with Gasteiger partial charge >= 0.3 is 0 Å². The smallest absolute Gasteiger partial charge is 0.261 e. The van der Waals surface area contributed by atoms with E-state index in [0.29, 0.717) is 0 Å². The minimum atomic E-state index is 0.0267. The number of hydrogen-bond donors (Lipinski definition) is 2. The normalized spacial score (nSPS) is 26.2. The molecule has 3 atom stereocenters. The summed E-state index contributed by atoms with van der Waals surface area (Å²) in [5, 5.41) is 6.19. The van der Waals surface area contributed by atoms with E-state index in [1.54, 1.807) is 11.3 Å². The summed E-state index contributed by atoms with van der Waals surface area (Å²) in [5.74, 6) is 0.923. The second-order valence-electron chi connectivity index (χ2n) is 8.10. The lowest BCUT2D eigenvalue weighted by Crippen LogP contribution is -2.43. The molecule has 1 fully saturated rings. The molecule has 0 aromatic carbocycles. The summed E-state index contributed by atoms with van der Waals surface area (Å²) in [6, 6.07) is 2.38. The van der Waals surface area contributed by atoms with Crippen molar-refractivity contribution in [2.24, 2.45) is 11.8 Å². The van der Waals surface area contributed by atoms with Crippen LogP contribution in [0.3, 0.4) is 0 Å². The molecule has 1 aromatic heterocycles. The van der Waals surface area contributed by atoms with Gasteiger partial charge in [-0.3, -0.25) is 9.59 Å². The van der Waals surface area contributed by atoms with Crippen LogP contribution < -0.4 is 10.6 Å². The monoisotopic (exact) mass is 362 g/mol. The van der Waals surface area contributed by atoms with Gasteiger partial charge in [0.1, 0.15) is 0 Å². The van der Waals surface area contributed by atoms with Crippen molar-refractivity contribution in [1.29, 1.82) is 0 Å². The molecule has 5 heteroatoms. The van der Waals surface area contributed by atoms with Crippen LogP contribution in [0.15, 0.2) is 6.07 Å². The largest absolute Gasteiger partial charge is 0.354 e. The molecule has 4 nitrogen and oxygen atoms in total. The molecular weight excluding hydrogens is 332 g/mol. The van der Waals surface area contributed by atoms with E-state index in [4.69, 9.17) is 0 Å². The molecule has 25 heavy (non-hydrogen) atoms. The van der Waals surface area contributed by atoms with Crippen molar-refractivity contribution >= 4 is 23.2 Å². The van der Waals surface area contributed by atoms with E-state index in [1.165, 1.54) is 16.9 Å². The zero-order valence-corrected chi connectivity index (χ0v) is 16.4. The molecule has 2 aliphatic rings. The van der Waals surface area contributed by atoms with Crippen LogP contribution in [0.5, 0.6) is 0 Å². The molecule has 1 aromatic rings. The molecule has 0 radical (unpaired) electrons. The SMILES string of the molecule is CC1CCc2sc(C(=O)NC3CCCC(C(=O)NC(C)C)C3)cc2C1. The second kappa shape index (κ2) is 7.90. The highest BCUT2D eigenvalue weighted by Gasteiger charge is 2.29. The van der Waals surface area contributed by atoms with Gasteiger partial charge in [0.25, 0.3) is 5.91 Å². The highest BCUT2D eigenvalue weighted by atomic mass is 32.1. The molecule has 2 aliphatic carbocycles. The fraction of sp³-hybridized carbons (Fsp3) is 0.700. The van der Waals surface area contributed by atoms with Crippen LogP contribution in [0.25, 0.3) is 0 Å². The maximum absolute atomic E-state index is 12.7. The van der Waals surface area contributed by atoms with Crippen molar-refractivity contribution in [3.8, 4) is 0 Å². The maximum atomic E-state index is 12.7.